The zero-order valence-corrected chi connectivity index (χ0v) is 16.4. The van der Waals surface area contributed by atoms with Crippen LogP contribution in [-0.2, 0) is 11.3 Å². The predicted molar refractivity (Wildman–Crippen MR) is 109 cm³/mol. The quantitative estimate of drug-likeness (QED) is 0.671. The van der Waals surface area contributed by atoms with Crippen LogP contribution in [0.5, 0.6) is 0 Å². The molecule has 1 aliphatic rings. The second kappa shape index (κ2) is 7.18. The van der Waals surface area contributed by atoms with E-state index < -0.39 is 0 Å². The Bertz CT molecular complexity index is 988. The van der Waals surface area contributed by atoms with Gasteiger partial charge in [0.15, 0.2) is 0 Å². The largest absolute Gasteiger partial charge is 0.333 e. The first-order valence-electron chi connectivity index (χ1n) is 9.89. The molecule has 4 nitrogen and oxygen atoms in total. The average Bonchev–Trinajstić information content (AvgIpc) is 3.29. The summed E-state index contributed by atoms with van der Waals surface area (Å²) in [5.74, 6) is 1.25. The van der Waals surface area contributed by atoms with E-state index in [0.717, 1.165) is 42.8 Å². The fourth-order valence-corrected chi connectivity index (χ4v) is 4.19. The Balaban J connectivity index is 1.82. The van der Waals surface area contributed by atoms with Crippen molar-refractivity contribution in [2.24, 2.45) is 0 Å². The van der Waals surface area contributed by atoms with E-state index in [9.17, 15) is 4.79 Å². The molecule has 0 spiro atoms. The normalized spacial score (nSPS) is 17.0. The summed E-state index contributed by atoms with van der Waals surface area (Å²) >= 11 is 0. The Morgan fingerprint density at radius 1 is 1.19 bits per heavy atom. The summed E-state index contributed by atoms with van der Waals surface area (Å²) in [5.41, 5.74) is 6.02. The first-order chi connectivity index (χ1) is 13.1. The number of nitrogens with zero attached hydrogens (tertiary/aromatic N) is 3. The second-order valence-electron chi connectivity index (χ2n) is 7.57. The molecule has 2 heterocycles. The van der Waals surface area contributed by atoms with Gasteiger partial charge in [0, 0.05) is 19.5 Å². The smallest absolute Gasteiger partial charge is 0.222 e. The molecule has 1 amide bonds. The van der Waals surface area contributed by atoms with Gasteiger partial charge in [-0.05, 0) is 49.9 Å². The van der Waals surface area contributed by atoms with E-state index in [4.69, 9.17) is 4.98 Å². The average molecular weight is 361 g/mol. The third kappa shape index (κ3) is 3.25. The number of para-hydroxylation sites is 2. The van der Waals surface area contributed by atoms with Crippen molar-refractivity contribution in [3.63, 3.8) is 0 Å². The number of benzene rings is 2. The summed E-state index contributed by atoms with van der Waals surface area (Å²) < 4.78 is 2.32. The van der Waals surface area contributed by atoms with Crippen molar-refractivity contribution in [1.82, 2.24) is 14.5 Å². The maximum atomic E-state index is 12.5. The van der Waals surface area contributed by atoms with Crippen molar-refractivity contribution in [2.75, 3.05) is 6.54 Å². The van der Waals surface area contributed by atoms with Crippen LogP contribution in [0, 0.1) is 13.8 Å². The van der Waals surface area contributed by atoms with E-state index in [1.54, 1.807) is 0 Å². The number of likely N-dealkylation sites (tertiary alicyclic amines) is 1. The van der Waals surface area contributed by atoms with Crippen LogP contribution in [0.15, 0.2) is 42.5 Å². The third-order valence-electron chi connectivity index (χ3n) is 5.69. The predicted octanol–water partition coefficient (Wildman–Crippen LogP) is 4.77. The van der Waals surface area contributed by atoms with Gasteiger partial charge in [-0.15, -0.1) is 0 Å². The lowest BCUT2D eigenvalue weighted by molar-refractivity contribution is -0.131. The Kier molecular flexibility index (Phi) is 4.73. The molecule has 1 saturated heterocycles. The van der Waals surface area contributed by atoms with E-state index in [2.05, 4.69) is 54.8 Å². The lowest BCUT2D eigenvalue weighted by Gasteiger charge is -2.25. The zero-order valence-electron chi connectivity index (χ0n) is 16.4. The number of rotatable bonds is 4. The van der Waals surface area contributed by atoms with Gasteiger partial charge in [-0.2, -0.15) is 0 Å². The molecule has 140 valence electrons. The van der Waals surface area contributed by atoms with E-state index in [0.29, 0.717) is 6.42 Å². The van der Waals surface area contributed by atoms with Crippen LogP contribution in [0.2, 0.25) is 0 Å². The fourth-order valence-electron chi connectivity index (χ4n) is 4.19. The van der Waals surface area contributed by atoms with Gasteiger partial charge >= 0.3 is 0 Å². The fraction of sp³-hybridized carbons (Fsp3) is 0.391. The number of carbonyl (C=O) groups is 1. The van der Waals surface area contributed by atoms with Crippen molar-refractivity contribution in [1.29, 1.82) is 0 Å². The molecule has 3 aromatic rings. The maximum absolute atomic E-state index is 12.5. The summed E-state index contributed by atoms with van der Waals surface area (Å²) in [6, 6.07) is 15.0. The number of fused-ring (bicyclic) bond motifs is 1. The topological polar surface area (TPSA) is 38.1 Å². The molecule has 0 radical (unpaired) electrons. The lowest BCUT2D eigenvalue weighted by Crippen LogP contribution is -2.31. The van der Waals surface area contributed by atoms with E-state index in [1.807, 2.05) is 17.9 Å². The lowest BCUT2D eigenvalue weighted by atomic mass is 10.1. The summed E-state index contributed by atoms with van der Waals surface area (Å²) in [4.78, 5) is 19.5. The van der Waals surface area contributed by atoms with Gasteiger partial charge in [0.25, 0.3) is 0 Å². The van der Waals surface area contributed by atoms with Crippen molar-refractivity contribution >= 4 is 16.9 Å². The molecule has 0 N–H and O–H groups in total. The number of hydrogen-bond donors (Lipinski definition) is 0. The van der Waals surface area contributed by atoms with Crippen molar-refractivity contribution in [3.8, 4) is 0 Å². The highest BCUT2D eigenvalue weighted by molar-refractivity contribution is 5.78. The highest BCUT2D eigenvalue weighted by Crippen LogP contribution is 2.34. The Morgan fingerprint density at radius 3 is 2.81 bits per heavy atom. The molecule has 0 saturated carbocycles. The first-order valence-corrected chi connectivity index (χ1v) is 9.89. The van der Waals surface area contributed by atoms with Crippen LogP contribution in [0.3, 0.4) is 0 Å². The molecule has 1 fully saturated rings. The van der Waals surface area contributed by atoms with Crippen molar-refractivity contribution in [3.05, 3.63) is 65.0 Å². The molecule has 0 aliphatic carbocycles. The van der Waals surface area contributed by atoms with Gasteiger partial charge in [-0.1, -0.05) is 42.8 Å². The summed E-state index contributed by atoms with van der Waals surface area (Å²) in [6.45, 7) is 7.86. The molecule has 1 unspecified atom stereocenters. The minimum absolute atomic E-state index is 0.0787. The summed E-state index contributed by atoms with van der Waals surface area (Å²) in [7, 11) is 0. The number of imidazole rings is 1. The van der Waals surface area contributed by atoms with Crippen LogP contribution >= 0.6 is 0 Å². The van der Waals surface area contributed by atoms with E-state index in [-0.39, 0.29) is 11.9 Å². The van der Waals surface area contributed by atoms with Gasteiger partial charge in [-0.3, -0.25) is 4.79 Å². The highest BCUT2D eigenvalue weighted by Gasteiger charge is 2.33. The number of amides is 1. The zero-order chi connectivity index (χ0) is 19.0. The molecule has 27 heavy (non-hydrogen) atoms. The van der Waals surface area contributed by atoms with Crippen LogP contribution in [0.4, 0.5) is 0 Å². The molecular weight excluding hydrogens is 334 g/mol. The minimum atomic E-state index is 0.0787. The number of carbonyl (C=O) groups excluding carboxylic acids is 1. The SMILES string of the molecule is CCC(=O)N1CCCC1c1nc2ccccc2n1Cc1cc(C)ccc1C. The van der Waals surface area contributed by atoms with Gasteiger partial charge in [0.2, 0.25) is 5.91 Å². The van der Waals surface area contributed by atoms with Crippen LogP contribution in [0.1, 0.15) is 54.7 Å². The molecule has 4 rings (SSSR count). The van der Waals surface area contributed by atoms with Crippen LogP contribution < -0.4 is 0 Å². The number of aryl methyl sites for hydroxylation is 2. The van der Waals surface area contributed by atoms with Crippen molar-refractivity contribution in [2.45, 2.75) is 52.6 Å². The first kappa shape index (κ1) is 17.8. The molecular formula is C23H27N3O. The van der Waals surface area contributed by atoms with Gasteiger partial charge in [-0.25, -0.2) is 4.98 Å². The standard InChI is InChI=1S/C23H27N3O/c1-4-22(27)25-13-7-10-21(25)23-24-19-8-5-6-9-20(19)26(23)15-18-14-16(2)11-12-17(18)3/h5-6,8-9,11-12,14,21H,4,7,10,13,15H2,1-3H3. The van der Waals surface area contributed by atoms with Crippen LogP contribution in [-0.4, -0.2) is 26.9 Å². The van der Waals surface area contributed by atoms with E-state index >= 15 is 0 Å². The molecule has 2 aromatic carbocycles. The third-order valence-corrected chi connectivity index (χ3v) is 5.69. The highest BCUT2D eigenvalue weighted by atomic mass is 16.2. The van der Waals surface area contributed by atoms with Crippen molar-refractivity contribution < 1.29 is 4.79 Å². The Hall–Kier alpha value is -2.62. The van der Waals surface area contributed by atoms with Gasteiger partial charge < -0.3 is 9.47 Å². The minimum Gasteiger partial charge on any atom is -0.333 e. The molecule has 0 bridgehead atoms. The van der Waals surface area contributed by atoms with Gasteiger partial charge in [0.1, 0.15) is 5.82 Å². The molecule has 1 aromatic heterocycles. The Morgan fingerprint density at radius 2 is 2.00 bits per heavy atom. The monoisotopic (exact) mass is 361 g/mol. The summed E-state index contributed by atoms with van der Waals surface area (Å²) in [6.07, 6.45) is 2.58. The van der Waals surface area contributed by atoms with Gasteiger partial charge in [0.05, 0.1) is 17.1 Å². The molecule has 1 atom stereocenters. The maximum Gasteiger partial charge on any atom is 0.222 e. The molecule has 4 heteroatoms. The van der Waals surface area contributed by atoms with E-state index in [1.165, 1.54) is 16.7 Å². The number of hydrogen-bond acceptors (Lipinski definition) is 2. The second-order valence-corrected chi connectivity index (χ2v) is 7.57. The molecule has 1 aliphatic heterocycles. The summed E-state index contributed by atoms with van der Waals surface area (Å²) in [5, 5.41) is 0. The van der Waals surface area contributed by atoms with Crippen LogP contribution in [0.25, 0.3) is 11.0 Å². The number of aromatic nitrogens is 2. The Labute approximate surface area is 160 Å².